The molecule has 1 atom stereocenters. The van der Waals surface area contributed by atoms with Gasteiger partial charge in [-0.05, 0) is 30.7 Å². The van der Waals surface area contributed by atoms with E-state index in [-0.39, 0.29) is 10.7 Å². The molecule has 30 heavy (non-hydrogen) atoms. The molecule has 0 aliphatic rings. The first kappa shape index (κ1) is 20.5. The van der Waals surface area contributed by atoms with Crippen LogP contribution in [0.2, 0.25) is 0 Å². The van der Waals surface area contributed by atoms with E-state index in [0.717, 1.165) is 9.54 Å². The molecule has 0 fully saturated rings. The van der Waals surface area contributed by atoms with Crippen LogP contribution < -0.4 is 0 Å². The van der Waals surface area contributed by atoms with Crippen molar-refractivity contribution in [3.8, 4) is 0 Å². The molecule has 0 radical (unpaired) electrons. The topological polar surface area (TPSA) is 72.2 Å². The summed E-state index contributed by atoms with van der Waals surface area (Å²) in [5, 5.41) is 12.1. The van der Waals surface area contributed by atoms with Crippen molar-refractivity contribution < 1.29 is 13.5 Å². The lowest BCUT2D eigenvalue weighted by atomic mass is 9.85. The van der Waals surface area contributed by atoms with E-state index in [9.17, 15) is 13.5 Å². The molecule has 1 aromatic heterocycles. The van der Waals surface area contributed by atoms with Gasteiger partial charge in [0, 0.05) is 22.4 Å². The van der Waals surface area contributed by atoms with Crippen molar-refractivity contribution in [3.63, 3.8) is 0 Å². The normalized spacial score (nSPS) is 13.7. The summed E-state index contributed by atoms with van der Waals surface area (Å²) in [5.41, 5.74) is 0.142. The minimum absolute atomic E-state index is 0.0128. The smallest absolute Gasteiger partial charge is 0.269 e. The molecular weight excluding hydrogens is 464 g/mol. The van der Waals surface area contributed by atoms with Gasteiger partial charge in [-0.3, -0.25) is 0 Å². The number of aryl methyl sites for hydroxylation is 1. The molecule has 0 saturated carbocycles. The van der Waals surface area contributed by atoms with Crippen LogP contribution >= 0.6 is 15.9 Å². The third kappa shape index (κ3) is 3.39. The van der Waals surface area contributed by atoms with Crippen LogP contribution in [0.5, 0.6) is 0 Å². The molecular formula is C23H19BrN2O3S. The van der Waals surface area contributed by atoms with E-state index in [1.807, 2.05) is 19.1 Å². The van der Waals surface area contributed by atoms with Crippen LogP contribution in [-0.2, 0) is 15.6 Å². The second-order valence-corrected chi connectivity index (χ2v) is 9.59. The van der Waals surface area contributed by atoms with Crippen LogP contribution in [0.3, 0.4) is 0 Å². The number of imidazole rings is 1. The summed E-state index contributed by atoms with van der Waals surface area (Å²) in [6, 6.07) is 22.6. The van der Waals surface area contributed by atoms with E-state index < -0.39 is 15.6 Å². The lowest BCUT2D eigenvalue weighted by Crippen LogP contribution is -2.34. The van der Waals surface area contributed by atoms with Crippen LogP contribution in [0, 0.1) is 6.92 Å². The summed E-state index contributed by atoms with van der Waals surface area (Å²) in [5.74, 6) is -0.0128. The maximum atomic E-state index is 13.4. The van der Waals surface area contributed by atoms with Crippen LogP contribution in [-0.4, -0.2) is 22.5 Å². The Hall–Kier alpha value is -2.74. The zero-order valence-corrected chi connectivity index (χ0v) is 18.5. The Labute approximate surface area is 183 Å². The second-order valence-electron chi connectivity index (χ2n) is 6.92. The number of nitrogens with zero attached hydrogens (tertiary/aromatic N) is 2. The fraction of sp³-hybridized carbons (Fsp3) is 0.0870. The quantitative estimate of drug-likeness (QED) is 0.455. The molecule has 0 saturated heterocycles. The van der Waals surface area contributed by atoms with E-state index in [0.29, 0.717) is 15.6 Å². The van der Waals surface area contributed by atoms with Gasteiger partial charge < -0.3 is 5.11 Å². The Bertz CT molecular complexity index is 1290. The monoisotopic (exact) mass is 482 g/mol. The fourth-order valence-electron chi connectivity index (χ4n) is 3.40. The number of halogens is 1. The van der Waals surface area contributed by atoms with Gasteiger partial charge in [-0.1, -0.05) is 82.2 Å². The first-order valence-corrected chi connectivity index (χ1v) is 11.5. The third-order valence-electron chi connectivity index (χ3n) is 4.96. The van der Waals surface area contributed by atoms with Gasteiger partial charge in [0.25, 0.3) is 10.0 Å². The predicted molar refractivity (Wildman–Crippen MR) is 119 cm³/mol. The number of rotatable bonds is 5. The molecule has 0 spiro atoms. The van der Waals surface area contributed by atoms with E-state index in [1.54, 1.807) is 66.7 Å². The summed E-state index contributed by atoms with van der Waals surface area (Å²) >= 11 is 3.50. The van der Waals surface area contributed by atoms with Crippen molar-refractivity contribution >= 4 is 26.0 Å². The van der Waals surface area contributed by atoms with Crippen molar-refractivity contribution in [2.24, 2.45) is 0 Å². The average molecular weight is 483 g/mol. The van der Waals surface area contributed by atoms with Crippen molar-refractivity contribution in [3.05, 3.63) is 118 Å². The van der Waals surface area contributed by atoms with Gasteiger partial charge in [-0.15, -0.1) is 0 Å². The van der Waals surface area contributed by atoms with Gasteiger partial charge in [0.15, 0.2) is 11.4 Å². The third-order valence-corrected chi connectivity index (χ3v) is 7.34. The van der Waals surface area contributed by atoms with Crippen molar-refractivity contribution in [2.45, 2.75) is 17.4 Å². The molecule has 4 rings (SSSR count). The lowest BCUT2D eigenvalue weighted by molar-refractivity contribution is 0.114. The molecule has 1 N–H and O–H groups in total. The Kier molecular flexibility index (Phi) is 5.36. The molecule has 1 unspecified atom stereocenters. The first-order chi connectivity index (χ1) is 14.3. The molecule has 4 aromatic rings. The number of benzene rings is 3. The lowest BCUT2D eigenvalue weighted by Gasteiger charge is -2.30. The highest BCUT2D eigenvalue weighted by Crippen LogP contribution is 2.40. The minimum Gasteiger partial charge on any atom is -0.373 e. The molecule has 7 heteroatoms. The molecule has 1 heterocycles. The largest absolute Gasteiger partial charge is 0.373 e. The van der Waals surface area contributed by atoms with Gasteiger partial charge in [0.2, 0.25) is 0 Å². The highest BCUT2D eigenvalue weighted by atomic mass is 79.9. The Balaban J connectivity index is 1.99. The SMILES string of the molecule is Cc1ccc(S(=O)(=O)n2ccnc2C(O)(c2ccccc2)c2ccccc2Br)cc1. The zero-order valence-electron chi connectivity index (χ0n) is 16.1. The molecule has 152 valence electrons. The van der Waals surface area contributed by atoms with E-state index in [4.69, 9.17) is 0 Å². The Morgan fingerprint density at radius 1 is 0.933 bits per heavy atom. The van der Waals surface area contributed by atoms with Crippen LogP contribution in [0.15, 0.2) is 101 Å². The van der Waals surface area contributed by atoms with Crippen molar-refractivity contribution in [1.29, 1.82) is 0 Å². The zero-order chi connectivity index (χ0) is 21.4. The second kappa shape index (κ2) is 7.83. The maximum Gasteiger partial charge on any atom is 0.269 e. The van der Waals surface area contributed by atoms with Crippen molar-refractivity contribution in [2.75, 3.05) is 0 Å². The molecule has 3 aromatic carbocycles. The van der Waals surface area contributed by atoms with Crippen LogP contribution in [0.25, 0.3) is 0 Å². The molecule has 0 amide bonds. The summed E-state index contributed by atoms with van der Waals surface area (Å²) in [6.45, 7) is 1.89. The summed E-state index contributed by atoms with van der Waals surface area (Å²) in [4.78, 5) is 4.42. The highest BCUT2D eigenvalue weighted by molar-refractivity contribution is 9.10. The van der Waals surface area contributed by atoms with Gasteiger partial charge in [-0.2, -0.15) is 0 Å². The minimum atomic E-state index is -3.98. The summed E-state index contributed by atoms with van der Waals surface area (Å²) in [7, 11) is -3.98. The van der Waals surface area contributed by atoms with Crippen LogP contribution in [0.1, 0.15) is 22.5 Å². The van der Waals surface area contributed by atoms with E-state index >= 15 is 0 Å². The van der Waals surface area contributed by atoms with Crippen molar-refractivity contribution in [1.82, 2.24) is 8.96 Å². The number of aromatic nitrogens is 2. The number of hydrogen-bond acceptors (Lipinski definition) is 4. The molecule has 0 aliphatic heterocycles. The van der Waals surface area contributed by atoms with E-state index in [2.05, 4.69) is 20.9 Å². The maximum absolute atomic E-state index is 13.4. The fourth-order valence-corrected chi connectivity index (χ4v) is 5.30. The predicted octanol–water partition coefficient (Wildman–Crippen LogP) is 4.48. The number of hydrogen-bond donors (Lipinski definition) is 1. The molecule has 5 nitrogen and oxygen atoms in total. The molecule has 0 aliphatic carbocycles. The molecule has 0 bridgehead atoms. The average Bonchev–Trinajstić information content (AvgIpc) is 3.26. The van der Waals surface area contributed by atoms with Gasteiger partial charge in [0.05, 0.1) is 4.90 Å². The Morgan fingerprint density at radius 3 is 2.23 bits per heavy atom. The van der Waals surface area contributed by atoms with Gasteiger partial charge >= 0.3 is 0 Å². The first-order valence-electron chi connectivity index (χ1n) is 9.24. The van der Waals surface area contributed by atoms with Crippen LogP contribution in [0.4, 0.5) is 0 Å². The Morgan fingerprint density at radius 2 is 1.57 bits per heavy atom. The standard InChI is InChI=1S/C23H19BrN2O3S/c1-17-11-13-19(14-12-17)30(28,29)26-16-15-25-22(26)23(27,18-7-3-2-4-8-18)20-9-5-6-10-21(20)24/h2-16,27H,1H3. The summed E-state index contributed by atoms with van der Waals surface area (Å²) < 4.78 is 28.5. The summed E-state index contributed by atoms with van der Waals surface area (Å²) in [6.07, 6.45) is 2.74. The van der Waals surface area contributed by atoms with Gasteiger partial charge in [0.1, 0.15) is 0 Å². The number of aliphatic hydroxyl groups is 1. The van der Waals surface area contributed by atoms with E-state index in [1.165, 1.54) is 12.4 Å². The van der Waals surface area contributed by atoms with Gasteiger partial charge in [-0.25, -0.2) is 17.4 Å². The highest BCUT2D eigenvalue weighted by Gasteiger charge is 2.41.